The molecule has 0 bridgehead atoms. The van der Waals surface area contributed by atoms with Crippen LogP contribution in [0.1, 0.15) is 12.8 Å². The number of hydrogen-bond acceptors (Lipinski definition) is 6. The summed E-state index contributed by atoms with van der Waals surface area (Å²) in [5.41, 5.74) is 0. The van der Waals surface area contributed by atoms with Gasteiger partial charge < -0.3 is 15.0 Å². The minimum atomic E-state index is 0.339. The van der Waals surface area contributed by atoms with Crippen LogP contribution in [0, 0.1) is 0 Å². The van der Waals surface area contributed by atoms with Gasteiger partial charge in [0.15, 0.2) is 0 Å². The van der Waals surface area contributed by atoms with Crippen molar-refractivity contribution in [2.45, 2.75) is 12.8 Å². The van der Waals surface area contributed by atoms with Gasteiger partial charge in [0.25, 0.3) is 0 Å². The van der Waals surface area contributed by atoms with Crippen molar-refractivity contribution in [3.8, 4) is 6.01 Å². The summed E-state index contributed by atoms with van der Waals surface area (Å²) in [6.45, 7) is 5.98. The molecule has 17 heavy (non-hydrogen) atoms. The Hall–Kier alpha value is -1.85. The van der Waals surface area contributed by atoms with Gasteiger partial charge in [-0.25, -0.2) is 0 Å². The van der Waals surface area contributed by atoms with Gasteiger partial charge in [0.2, 0.25) is 11.9 Å². The smallest absolute Gasteiger partial charge is 0.323 e. The summed E-state index contributed by atoms with van der Waals surface area (Å²) in [5, 5.41) is 2.91. The molecule has 1 N–H and O–H groups in total. The Labute approximate surface area is 101 Å². The second kappa shape index (κ2) is 5.47. The summed E-state index contributed by atoms with van der Waals surface area (Å²) in [6, 6.07) is 0.339. The van der Waals surface area contributed by atoms with Gasteiger partial charge in [-0.05, 0) is 12.8 Å². The highest BCUT2D eigenvalue weighted by molar-refractivity contribution is 5.38. The van der Waals surface area contributed by atoms with Crippen LogP contribution in [-0.4, -0.2) is 41.7 Å². The second-order valence-electron chi connectivity index (χ2n) is 3.79. The summed E-state index contributed by atoms with van der Waals surface area (Å²) in [7, 11) is 1.78. The van der Waals surface area contributed by atoms with E-state index in [0.29, 0.717) is 24.5 Å². The Morgan fingerprint density at radius 1 is 1.35 bits per heavy atom. The lowest BCUT2D eigenvalue weighted by Crippen LogP contribution is -2.21. The maximum Gasteiger partial charge on any atom is 0.323 e. The van der Waals surface area contributed by atoms with E-state index in [0.717, 1.165) is 13.1 Å². The summed E-state index contributed by atoms with van der Waals surface area (Å²) in [5.74, 6) is 1.21. The van der Waals surface area contributed by atoms with Crippen molar-refractivity contribution in [2.24, 2.45) is 0 Å². The lowest BCUT2D eigenvalue weighted by Gasteiger charge is -2.16. The fourth-order valence-electron chi connectivity index (χ4n) is 1.71. The third kappa shape index (κ3) is 2.83. The van der Waals surface area contributed by atoms with Crippen molar-refractivity contribution in [1.82, 2.24) is 15.0 Å². The molecule has 0 aromatic carbocycles. The normalized spacial score (nSPS) is 14.8. The van der Waals surface area contributed by atoms with Crippen molar-refractivity contribution in [2.75, 3.05) is 37.0 Å². The van der Waals surface area contributed by atoms with Crippen molar-refractivity contribution < 1.29 is 4.74 Å². The molecule has 0 saturated carbocycles. The number of ether oxygens (including phenoxy) is 1. The monoisotopic (exact) mass is 235 g/mol. The van der Waals surface area contributed by atoms with Crippen LogP contribution in [0.5, 0.6) is 6.01 Å². The summed E-state index contributed by atoms with van der Waals surface area (Å²) in [4.78, 5) is 14.9. The van der Waals surface area contributed by atoms with Gasteiger partial charge in [0.1, 0.15) is 6.61 Å². The van der Waals surface area contributed by atoms with Crippen molar-refractivity contribution in [3.05, 3.63) is 12.7 Å². The summed E-state index contributed by atoms with van der Waals surface area (Å²) in [6.07, 6.45) is 4.03. The molecule has 6 heteroatoms. The van der Waals surface area contributed by atoms with E-state index in [2.05, 4.69) is 31.7 Å². The van der Waals surface area contributed by atoms with Gasteiger partial charge in [0.05, 0.1) is 0 Å². The van der Waals surface area contributed by atoms with Crippen LogP contribution in [0.3, 0.4) is 0 Å². The first-order chi connectivity index (χ1) is 8.33. The van der Waals surface area contributed by atoms with Crippen LogP contribution in [-0.2, 0) is 0 Å². The zero-order chi connectivity index (χ0) is 12.1. The van der Waals surface area contributed by atoms with E-state index in [-0.39, 0.29) is 0 Å². The first-order valence-electron chi connectivity index (χ1n) is 5.76. The molecule has 2 rings (SSSR count). The molecule has 0 aliphatic carbocycles. The van der Waals surface area contributed by atoms with Crippen molar-refractivity contribution >= 4 is 11.9 Å². The molecule has 0 spiro atoms. The number of hydrogen-bond donors (Lipinski definition) is 1. The number of nitrogens with one attached hydrogen (secondary N) is 1. The lowest BCUT2D eigenvalue weighted by atomic mass is 10.4. The Morgan fingerprint density at radius 3 is 2.76 bits per heavy atom. The maximum atomic E-state index is 5.35. The summed E-state index contributed by atoms with van der Waals surface area (Å²) >= 11 is 0. The molecule has 92 valence electrons. The highest BCUT2D eigenvalue weighted by Gasteiger charge is 2.17. The van der Waals surface area contributed by atoms with Crippen LogP contribution in [0.25, 0.3) is 0 Å². The minimum absolute atomic E-state index is 0.339. The Kier molecular flexibility index (Phi) is 3.74. The zero-order valence-corrected chi connectivity index (χ0v) is 10.0. The molecule has 1 fully saturated rings. The largest absolute Gasteiger partial charge is 0.459 e. The Morgan fingerprint density at radius 2 is 2.12 bits per heavy atom. The molecule has 1 aromatic heterocycles. The van der Waals surface area contributed by atoms with Gasteiger partial charge in [-0.3, -0.25) is 0 Å². The molecule has 1 aromatic rings. The van der Waals surface area contributed by atoms with Crippen LogP contribution in [0.15, 0.2) is 12.7 Å². The minimum Gasteiger partial charge on any atom is -0.459 e. The van der Waals surface area contributed by atoms with E-state index < -0.39 is 0 Å². The van der Waals surface area contributed by atoms with E-state index in [9.17, 15) is 0 Å². The van der Waals surface area contributed by atoms with Gasteiger partial charge >= 0.3 is 6.01 Å². The highest BCUT2D eigenvalue weighted by atomic mass is 16.5. The third-order valence-electron chi connectivity index (χ3n) is 2.55. The topological polar surface area (TPSA) is 63.2 Å². The van der Waals surface area contributed by atoms with Gasteiger partial charge in [0, 0.05) is 20.1 Å². The van der Waals surface area contributed by atoms with E-state index >= 15 is 0 Å². The molecule has 0 amide bonds. The SMILES string of the molecule is C=CCOc1nc(NC)nc(N2CCCC2)n1. The Balaban J connectivity index is 2.21. The van der Waals surface area contributed by atoms with E-state index in [1.807, 2.05) is 0 Å². The first-order valence-corrected chi connectivity index (χ1v) is 5.76. The summed E-state index contributed by atoms with van der Waals surface area (Å²) < 4.78 is 5.35. The number of nitrogens with zero attached hydrogens (tertiary/aromatic N) is 4. The molecule has 0 atom stereocenters. The van der Waals surface area contributed by atoms with E-state index in [1.54, 1.807) is 13.1 Å². The number of aromatic nitrogens is 3. The number of anilines is 2. The van der Waals surface area contributed by atoms with Crippen LogP contribution in [0.4, 0.5) is 11.9 Å². The fraction of sp³-hybridized carbons (Fsp3) is 0.545. The van der Waals surface area contributed by atoms with Crippen LogP contribution < -0.4 is 15.0 Å². The van der Waals surface area contributed by atoms with Gasteiger partial charge in [-0.2, -0.15) is 15.0 Å². The molecule has 1 saturated heterocycles. The molecule has 6 nitrogen and oxygen atoms in total. The molecule has 0 radical (unpaired) electrons. The Bertz CT molecular complexity index is 389. The maximum absolute atomic E-state index is 5.35. The standard InChI is InChI=1S/C11H17N5O/c1-3-8-17-11-14-9(12-2)13-10(15-11)16-6-4-5-7-16/h3H,1,4-8H2,2H3,(H,12,13,14,15). The highest BCUT2D eigenvalue weighted by Crippen LogP contribution is 2.19. The predicted octanol–water partition coefficient (Wildman–Crippen LogP) is 1.08. The molecular formula is C11H17N5O. The molecular weight excluding hydrogens is 218 g/mol. The molecule has 1 aliphatic heterocycles. The van der Waals surface area contributed by atoms with Gasteiger partial charge in [-0.15, -0.1) is 0 Å². The molecule has 0 unspecified atom stereocenters. The molecule has 2 heterocycles. The third-order valence-corrected chi connectivity index (χ3v) is 2.55. The van der Waals surface area contributed by atoms with Crippen molar-refractivity contribution in [1.29, 1.82) is 0 Å². The lowest BCUT2D eigenvalue weighted by molar-refractivity contribution is 0.332. The van der Waals surface area contributed by atoms with Gasteiger partial charge in [-0.1, -0.05) is 12.7 Å². The first kappa shape index (κ1) is 11.6. The molecule has 1 aliphatic rings. The second-order valence-corrected chi connectivity index (χ2v) is 3.79. The predicted molar refractivity (Wildman–Crippen MR) is 66.5 cm³/mol. The van der Waals surface area contributed by atoms with Crippen LogP contribution in [0.2, 0.25) is 0 Å². The van der Waals surface area contributed by atoms with Crippen molar-refractivity contribution in [3.63, 3.8) is 0 Å². The van der Waals surface area contributed by atoms with Crippen LogP contribution >= 0.6 is 0 Å². The average molecular weight is 235 g/mol. The number of rotatable bonds is 5. The quantitative estimate of drug-likeness (QED) is 0.770. The van der Waals surface area contributed by atoms with E-state index in [4.69, 9.17) is 4.74 Å². The fourth-order valence-corrected chi connectivity index (χ4v) is 1.71. The average Bonchev–Trinajstić information content (AvgIpc) is 2.89. The zero-order valence-electron chi connectivity index (χ0n) is 10.0. The van der Waals surface area contributed by atoms with E-state index in [1.165, 1.54) is 12.8 Å².